The maximum atomic E-state index is 13.4. The highest BCUT2D eigenvalue weighted by Gasteiger charge is 2.33. The van der Waals surface area contributed by atoms with Crippen molar-refractivity contribution in [3.05, 3.63) is 107 Å². The summed E-state index contributed by atoms with van der Waals surface area (Å²) in [6.07, 6.45) is 9.64. The van der Waals surface area contributed by atoms with Gasteiger partial charge >= 0.3 is 0 Å². The molecule has 7 nitrogen and oxygen atoms in total. The van der Waals surface area contributed by atoms with Crippen LogP contribution in [0.25, 0.3) is 27.7 Å². The molecule has 0 spiro atoms. The summed E-state index contributed by atoms with van der Waals surface area (Å²) in [5.74, 6) is -0.131. The van der Waals surface area contributed by atoms with E-state index in [9.17, 15) is 4.79 Å². The third-order valence-corrected chi connectivity index (χ3v) is 6.66. The zero-order chi connectivity index (χ0) is 22.6. The molecule has 7 rings (SSSR count). The van der Waals surface area contributed by atoms with Gasteiger partial charge in [0, 0.05) is 17.8 Å². The molecule has 34 heavy (non-hydrogen) atoms. The van der Waals surface area contributed by atoms with Crippen LogP contribution in [0.15, 0.2) is 90.4 Å². The summed E-state index contributed by atoms with van der Waals surface area (Å²) in [6, 6.07) is 17.9. The van der Waals surface area contributed by atoms with E-state index in [0.717, 1.165) is 44.5 Å². The Morgan fingerprint density at radius 1 is 1.00 bits per heavy atom. The standard InChI is InChI=1S/C27H19N5O2/c33-27(20-11-13-29-26-19(20)10-12-28-26)30-25-18-5-2-1-4-17(18)24-16(6-3-7-21(24)25)15-8-9-22-23(14-15)32-34-31-22/h1-14,22,25,31H,(H,28,29)(H,30,33). The van der Waals surface area contributed by atoms with E-state index in [1.54, 1.807) is 18.5 Å². The predicted molar refractivity (Wildman–Crippen MR) is 130 cm³/mol. The second kappa shape index (κ2) is 7.26. The van der Waals surface area contributed by atoms with E-state index in [1.807, 2.05) is 30.3 Å². The van der Waals surface area contributed by atoms with Crippen LogP contribution in [-0.4, -0.2) is 27.6 Å². The van der Waals surface area contributed by atoms with Gasteiger partial charge in [-0.2, -0.15) is 0 Å². The van der Waals surface area contributed by atoms with Crippen molar-refractivity contribution in [1.82, 2.24) is 20.8 Å². The van der Waals surface area contributed by atoms with Crippen molar-refractivity contribution in [3.63, 3.8) is 0 Å². The number of amides is 1. The van der Waals surface area contributed by atoms with Crippen LogP contribution in [0.4, 0.5) is 0 Å². The molecule has 2 aliphatic carbocycles. The normalized spacial score (nSPS) is 19.6. The van der Waals surface area contributed by atoms with Crippen molar-refractivity contribution in [2.75, 3.05) is 0 Å². The van der Waals surface area contributed by atoms with E-state index in [0.29, 0.717) is 11.2 Å². The Kier molecular flexibility index (Phi) is 4.06. The first-order valence-electron chi connectivity index (χ1n) is 11.1. The lowest BCUT2D eigenvalue weighted by atomic mass is 9.90. The Bertz CT molecular complexity index is 1580. The van der Waals surface area contributed by atoms with Crippen LogP contribution < -0.4 is 10.8 Å². The Morgan fingerprint density at radius 3 is 2.85 bits per heavy atom. The number of carbonyl (C=O) groups is 1. The summed E-state index contributed by atoms with van der Waals surface area (Å²) in [6.45, 7) is 0. The number of hydroxylamine groups is 1. The molecule has 0 saturated carbocycles. The summed E-state index contributed by atoms with van der Waals surface area (Å²) in [7, 11) is 0. The molecule has 0 fully saturated rings. The maximum Gasteiger partial charge on any atom is 0.252 e. The molecular formula is C27H19N5O2. The van der Waals surface area contributed by atoms with Crippen LogP contribution in [0, 0.1) is 0 Å². The molecule has 2 unspecified atom stereocenters. The summed E-state index contributed by atoms with van der Waals surface area (Å²) in [5.41, 5.74) is 11.6. The highest BCUT2D eigenvalue weighted by atomic mass is 16.8. The number of oxime groups is 1. The number of nitrogens with zero attached hydrogens (tertiary/aromatic N) is 2. The van der Waals surface area contributed by atoms with Gasteiger partial charge in [0.2, 0.25) is 0 Å². The van der Waals surface area contributed by atoms with E-state index < -0.39 is 0 Å². The van der Waals surface area contributed by atoms with Gasteiger partial charge in [0.25, 0.3) is 5.91 Å². The van der Waals surface area contributed by atoms with Gasteiger partial charge in [0.15, 0.2) is 0 Å². The van der Waals surface area contributed by atoms with Gasteiger partial charge in [0.05, 0.1) is 11.6 Å². The Balaban J connectivity index is 1.33. The molecular weight excluding hydrogens is 426 g/mol. The molecule has 0 radical (unpaired) electrons. The van der Waals surface area contributed by atoms with Gasteiger partial charge < -0.3 is 10.3 Å². The fourth-order valence-electron chi connectivity index (χ4n) is 5.10. The number of carbonyl (C=O) groups excluding carboxylic acids is 1. The number of allylic oxidation sites excluding steroid dienone is 2. The van der Waals surface area contributed by atoms with Crippen LogP contribution in [0.3, 0.4) is 0 Å². The topological polar surface area (TPSA) is 91.4 Å². The lowest BCUT2D eigenvalue weighted by molar-refractivity contribution is 0.0672. The molecule has 164 valence electrons. The number of aromatic amines is 1. The third kappa shape index (κ3) is 2.77. The average Bonchev–Trinajstić information content (AvgIpc) is 3.61. The van der Waals surface area contributed by atoms with E-state index in [1.165, 1.54) is 0 Å². The fourth-order valence-corrected chi connectivity index (χ4v) is 5.10. The number of rotatable bonds is 3. The van der Waals surface area contributed by atoms with Crippen molar-refractivity contribution in [2.24, 2.45) is 5.16 Å². The van der Waals surface area contributed by atoms with E-state index in [-0.39, 0.29) is 18.0 Å². The van der Waals surface area contributed by atoms with E-state index >= 15 is 0 Å². The maximum absolute atomic E-state index is 13.4. The molecule has 0 bridgehead atoms. The smallest absolute Gasteiger partial charge is 0.252 e. The molecule has 2 atom stereocenters. The minimum atomic E-state index is -0.254. The van der Waals surface area contributed by atoms with E-state index in [2.05, 4.69) is 62.3 Å². The van der Waals surface area contributed by atoms with Crippen LogP contribution >= 0.6 is 0 Å². The summed E-state index contributed by atoms with van der Waals surface area (Å²) in [4.78, 5) is 25.8. The number of benzene rings is 2. The fraction of sp³-hybridized carbons (Fsp3) is 0.0741. The molecule has 1 aliphatic heterocycles. The average molecular weight is 445 g/mol. The van der Waals surface area contributed by atoms with Gasteiger partial charge in [-0.05, 0) is 51.6 Å². The highest BCUT2D eigenvalue weighted by molar-refractivity contribution is 6.11. The SMILES string of the molecule is O=C(NC1c2ccccc2-c2c(C3=CC4=NONC4C=C3)cccc21)c1ccnc2[nH]ccc12. The number of hydrogen-bond acceptors (Lipinski definition) is 5. The predicted octanol–water partition coefficient (Wildman–Crippen LogP) is 4.28. The van der Waals surface area contributed by atoms with E-state index in [4.69, 9.17) is 4.94 Å². The molecule has 0 saturated heterocycles. The van der Waals surface area contributed by atoms with Crippen molar-refractivity contribution in [1.29, 1.82) is 0 Å². The first kappa shape index (κ1) is 19.0. The van der Waals surface area contributed by atoms with Crippen molar-refractivity contribution in [2.45, 2.75) is 12.1 Å². The number of aromatic nitrogens is 2. The molecule has 2 aromatic heterocycles. The third-order valence-electron chi connectivity index (χ3n) is 6.66. The quantitative estimate of drug-likeness (QED) is 0.439. The second-order valence-electron chi connectivity index (χ2n) is 8.52. The summed E-state index contributed by atoms with van der Waals surface area (Å²) >= 11 is 0. The summed E-state index contributed by atoms with van der Waals surface area (Å²) in [5, 5.41) is 8.18. The number of fused-ring (bicyclic) bond motifs is 5. The van der Waals surface area contributed by atoms with Crippen LogP contribution in [0.5, 0.6) is 0 Å². The largest absolute Gasteiger partial charge is 0.346 e. The first-order chi connectivity index (χ1) is 16.8. The number of hydrogen-bond donors (Lipinski definition) is 3. The molecule has 3 aliphatic rings. The van der Waals surface area contributed by atoms with Gasteiger partial charge in [-0.25, -0.2) is 4.98 Å². The second-order valence-corrected chi connectivity index (χ2v) is 8.52. The van der Waals surface area contributed by atoms with Crippen LogP contribution in [0.2, 0.25) is 0 Å². The molecule has 3 N–H and O–H groups in total. The first-order valence-corrected chi connectivity index (χ1v) is 11.1. The zero-order valence-electron chi connectivity index (χ0n) is 17.9. The Hall–Kier alpha value is -4.49. The lowest BCUT2D eigenvalue weighted by Gasteiger charge is -2.18. The Labute approximate surface area is 194 Å². The lowest BCUT2D eigenvalue weighted by Crippen LogP contribution is -2.28. The minimum Gasteiger partial charge on any atom is -0.346 e. The number of pyridine rings is 1. The minimum absolute atomic E-state index is 0.0227. The Morgan fingerprint density at radius 2 is 1.88 bits per heavy atom. The van der Waals surface area contributed by atoms with Crippen molar-refractivity contribution >= 4 is 28.2 Å². The van der Waals surface area contributed by atoms with Crippen LogP contribution in [0.1, 0.15) is 33.1 Å². The highest BCUT2D eigenvalue weighted by Crippen LogP contribution is 2.47. The van der Waals surface area contributed by atoms with Gasteiger partial charge in [-0.15, -0.1) is 5.48 Å². The molecule has 7 heteroatoms. The van der Waals surface area contributed by atoms with Crippen molar-refractivity contribution < 1.29 is 9.73 Å². The number of nitrogens with one attached hydrogen (secondary N) is 3. The zero-order valence-corrected chi connectivity index (χ0v) is 17.9. The summed E-state index contributed by atoms with van der Waals surface area (Å²) < 4.78 is 0. The van der Waals surface area contributed by atoms with Gasteiger partial charge in [-0.1, -0.05) is 59.8 Å². The molecule has 4 aromatic rings. The van der Waals surface area contributed by atoms with Crippen molar-refractivity contribution in [3.8, 4) is 11.1 Å². The molecule has 1 amide bonds. The van der Waals surface area contributed by atoms with Gasteiger partial charge in [-0.3, -0.25) is 9.73 Å². The molecule has 3 heterocycles. The number of H-pyrrole nitrogens is 1. The monoisotopic (exact) mass is 445 g/mol. The molecule has 2 aromatic carbocycles. The van der Waals surface area contributed by atoms with Crippen LogP contribution in [-0.2, 0) is 4.94 Å². The van der Waals surface area contributed by atoms with Gasteiger partial charge in [0.1, 0.15) is 17.4 Å².